The van der Waals surface area contributed by atoms with Gasteiger partial charge in [-0.25, -0.2) is 0 Å². The number of hydrogen-bond donors (Lipinski definition) is 2. The first-order chi connectivity index (χ1) is 4.98. The summed E-state index contributed by atoms with van der Waals surface area (Å²) in [5.41, 5.74) is 0.324. The third-order valence-corrected chi connectivity index (χ3v) is 4.83. The van der Waals surface area contributed by atoms with Crippen LogP contribution in [0.4, 0.5) is 0 Å². The third-order valence-electron chi connectivity index (χ3n) is 1.53. The molecule has 0 N–H and O–H groups in total. The Morgan fingerprint density at radius 1 is 1.36 bits per heavy atom. The van der Waals surface area contributed by atoms with E-state index in [-0.39, 0.29) is 0 Å². The largest absolute Gasteiger partial charge is 0.175 e. The van der Waals surface area contributed by atoms with Gasteiger partial charge in [0, 0.05) is 11.0 Å². The van der Waals surface area contributed by atoms with Crippen LogP contribution >= 0.6 is 44.9 Å². The van der Waals surface area contributed by atoms with Gasteiger partial charge in [-0.15, -0.1) is 0 Å². The molecule has 0 spiro atoms. The average molecular weight is 228 g/mol. The first-order valence-electron chi connectivity index (χ1n) is 3.59. The Morgan fingerprint density at radius 3 is 2.27 bits per heavy atom. The van der Waals surface area contributed by atoms with Crippen molar-refractivity contribution < 1.29 is 0 Å². The van der Waals surface area contributed by atoms with Crippen LogP contribution in [0.3, 0.4) is 0 Å². The molecule has 0 aliphatic rings. The molecule has 0 aliphatic heterocycles. The second-order valence-electron chi connectivity index (χ2n) is 3.57. The van der Waals surface area contributed by atoms with Crippen molar-refractivity contribution in [1.29, 1.82) is 0 Å². The second-order valence-corrected chi connectivity index (χ2v) is 7.48. The number of thiol groups is 2. The summed E-state index contributed by atoms with van der Waals surface area (Å²) in [6.45, 7) is 6.68. The number of rotatable bonds is 4. The Balaban J connectivity index is 3.44. The SMILES string of the molecule is CC(C)(C)C(S)CCSSS. The van der Waals surface area contributed by atoms with E-state index >= 15 is 0 Å². The first kappa shape index (κ1) is 12.4. The highest BCUT2D eigenvalue weighted by atomic mass is 33.5. The van der Waals surface area contributed by atoms with Gasteiger partial charge in [0.25, 0.3) is 0 Å². The highest BCUT2D eigenvalue weighted by Gasteiger charge is 2.19. The molecular weight excluding hydrogens is 212 g/mol. The summed E-state index contributed by atoms with van der Waals surface area (Å²) in [7, 11) is 3.32. The molecule has 0 aliphatic carbocycles. The van der Waals surface area contributed by atoms with Gasteiger partial charge in [0.2, 0.25) is 0 Å². The van der Waals surface area contributed by atoms with Crippen molar-refractivity contribution in [3.05, 3.63) is 0 Å². The Hall–Kier alpha value is 1.40. The van der Waals surface area contributed by atoms with Crippen LogP contribution in [0.25, 0.3) is 0 Å². The molecule has 0 aromatic heterocycles. The molecule has 0 saturated carbocycles. The minimum atomic E-state index is 0.324. The average Bonchev–Trinajstić information content (AvgIpc) is 1.86. The molecule has 0 fully saturated rings. The van der Waals surface area contributed by atoms with Crippen LogP contribution in [-0.2, 0) is 0 Å². The van der Waals surface area contributed by atoms with E-state index in [0.29, 0.717) is 10.7 Å². The van der Waals surface area contributed by atoms with E-state index in [2.05, 4.69) is 45.1 Å². The minimum Gasteiger partial charge on any atom is -0.175 e. The molecule has 0 bridgehead atoms. The maximum Gasteiger partial charge on any atom is 0.00735 e. The minimum absolute atomic E-state index is 0.324. The van der Waals surface area contributed by atoms with Crippen molar-refractivity contribution >= 4 is 44.9 Å². The quantitative estimate of drug-likeness (QED) is 0.425. The molecule has 0 heterocycles. The van der Waals surface area contributed by atoms with Crippen molar-refractivity contribution in [2.24, 2.45) is 5.41 Å². The normalized spacial score (nSPS) is 15.0. The van der Waals surface area contributed by atoms with Gasteiger partial charge in [-0.3, -0.25) is 0 Å². The molecule has 0 aromatic carbocycles. The van der Waals surface area contributed by atoms with Crippen LogP contribution < -0.4 is 0 Å². The third kappa shape index (κ3) is 6.55. The van der Waals surface area contributed by atoms with Crippen LogP contribution in [0.15, 0.2) is 0 Å². The van der Waals surface area contributed by atoms with Crippen molar-refractivity contribution in [3.8, 4) is 0 Å². The monoisotopic (exact) mass is 228 g/mol. The summed E-state index contributed by atoms with van der Waals surface area (Å²) < 4.78 is 0. The summed E-state index contributed by atoms with van der Waals surface area (Å²) in [6, 6.07) is 0. The van der Waals surface area contributed by atoms with Crippen LogP contribution in [0.2, 0.25) is 0 Å². The second kappa shape index (κ2) is 5.95. The number of hydrogen-bond acceptors (Lipinski definition) is 4. The van der Waals surface area contributed by atoms with Gasteiger partial charge in [-0.2, -0.15) is 12.6 Å². The summed E-state index contributed by atoms with van der Waals surface area (Å²) in [5.74, 6) is 1.14. The van der Waals surface area contributed by atoms with Crippen LogP contribution in [-0.4, -0.2) is 11.0 Å². The van der Waals surface area contributed by atoms with E-state index in [1.807, 2.05) is 0 Å². The van der Waals surface area contributed by atoms with E-state index < -0.39 is 0 Å². The van der Waals surface area contributed by atoms with E-state index in [1.165, 1.54) is 9.83 Å². The zero-order chi connectivity index (χ0) is 8.91. The zero-order valence-electron chi connectivity index (χ0n) is 7.20. The molecule has 4 heteroatoms. The molecule has 11 heavy (non-hydrogen) atoms. The van der Waals surface area contributed by atoms with Gasteiger partial charge in [-0.1, -0.05) is 43.2 Å². The van der Waals surface area contributed by atoms with Gasteiger partial charge in [0.05, 0.1) is 0 Å². The fourth-order valence-electron chi connectivity index (χ4n) is 0.630. The smallest absolute Gasteiger partial charge is 0.00735 e. The van der Waals surface area contributed by atoms with Crippen molar-refractivity contribution in [2.45, 2.75) is 32.4 Å². The highest BCUT2D eigenvalue weighted by Crippen LogP contribution is 2.31. The first-order valence-corrected chi connectivity index (χ1v) is 7.48. The van der Waals surface area contributed by atoms with Gasteiger partial charge in [-0.05, 0) is 21.7 Å². The van der Waals surface area contributed by atoms with Crippen molar-refractivity contribution in [1.82, 2.24) is 0 Å². The fourth-order valence-corrected chi connectivity index (χ4v) is 2.52. The van der Waals surface area contributed by atoms with Gasteiger partial charge >= 0.3 is 0 Å². The molecule has 0 rings (SSSR count). The van der Waals surface area contributed by atoms with Crippen molar-refractivity contribution in [3.63, 3.8) is 0 Å². The zero-order valence-corrected chi connectivity index (χ0v) is 10.6. The van der Waals surface area contributed by atoms with Gasteiger partial charge in [0.1, 0.15) is 0 Å². The van der Waals surface area contributed by atoms with Crippen LogP contribution in [0.5, 0.6) is 0 Å². The Morgan fingerprint density at radius 2 is 1.91 bits per heavy atom. The summed E-state index contributed by atoms with van der Waals surface area (Å²) in [5, 5.41) is 0.496. The molecule has 1 unspecified atom stereocenters. The summed E-state index contributed by atoms with van der Waals surface area (Å²) in [4.78, 5) is 0. The van der Waals surface area contributed by atoms with Crippen molar-refractivity contribution in [2.75, 3.05) is 5.75 Å². The fraction of sp³-hybridized carbons (Fsp3) is 1.00. The molecule has 0 nitrogen and oxygen atoms in total. The molecule has 0 saturated heterocycles. The maximum atomic E-state index is 4.54. The molecule has 0 amide bonds. The maximum absolute atomic E-state index is 4.54. The van der Waals surface area contributed by atoms with E-state index in [1.54, 1.807) is 10.8 Å². The van der Waals surface area contributed by atoms with E-state index in [4.69, 9.17) is 0 Å². The Kier molecular flexibility index (Phi) is 6.70. The lowest BCUT2D eigenvalue weighted by molar-refractivity contribution is 0.391. The Bertz CT molecular complexity index is 97.1. The highest BCUT2D eigenvalue weighted by molar-refractivity contribution is 9.05. The van der Waals surface area contributed by atoms with Crippen LogP contribution in [0.1, 0.15) is 27.2 Å². The molecule has 0 aromatic rings. The molecule has 0 radical (unpaired) electrons. The van der Waals surface area contributed by atoms with Gasteiger partial charge < -0.3 is 0 Å². The predicted octanol–water partition coefficient (Wildman–Crippen LogP) is 3.95. The molecule has 1 atom stereocenters. The topological polar surface area (TPSA) is 0 Å². The van der Waals surface area contributed by atoms with Gasteiger partial charge in [0.15, 0.2) is 0 Å². The summed E-state index contributed by atoms with van der Waals surface area (Å²) in [6.07, 6.45) is 1.16. The molecule has 68 valence electrons. The molecular formula is C7H16S4. The lowest BCUT2D eigenvalue weighted by Crippen LogP contribution is -2.21. The lowest BCUT2D eigenvalue weighted by atomic mass is 9.90. The predicted molar refractivity (Wildman–Crippen MR) is 65.9 cm³/mol. The standard InChI is InChI=1S/C7H16S4/c1-7(2,3)6(8)4-5-10-11-9/h6,8-9H,4-5H2,1-3H3. The Labute approximate surface area is 88.3 Å². The summed E-state index contributed by atoms with van der Waals surface area (Å²) >= 11 is 8.59. The van der Waals surface area contributed by atoms with E-state index in [9.17, 15) is 0 Å². The van der Waals surface area contributed by atoms with Crippen LogP contribution in [0, 0.1) is 5.41 Å². The lowest BCUT2D eigenvalue weighted by Gasteiger charge is -2.25. The van der Waals surface area contributed by atoms with E-state index in [0.717, 1.165) is 12.2 Å².